The Balaban J connectivity index is 1.48. The summed E-state index contributed by atoms with van der Waals surface area (Å²) in [7, 11) is 1.85. The molecule has 9 heteroatoms. The van der Waals surface area contributed by atoms with Crippen LogP contribution >= 0.6 is 11.3 Å². The van der Waals surface area contributed by atoms with Crippen LogP contribution in [0.4, 0.5) is 10.9 Å². The van der Waals surface area contributed by atoms with Crippen molar-refractivity contribution in [3.8, 4) is 0 Å². The van der Waals surface area contributed by atoms with E-state index in [1.807, 2.05) is 30.3 Å². The minimum Gasteiger partial charge on any atom is -0.338 e. The van der Waals surface area contributed by atoms with Crippen molar-refractivity contribution in [2.45, 2.75) is 25.7 Å². The average Bonchev–Trinajstić information content (AvgIpc) is 3.34. The fraction of sp³-hybridized carbons (Fsp3) is 0.350. The third-order valence-electron chi connectivity index (χ3n) is 4.95. The fourth-order valence-electron chi connectivity index (χ4n) is 3.47. The summed E-state index contributed by atoms with van der Waals surface area (Å²) < 4.78 is 1.74. The number of hydrogen-bond acceptors (Lipinski definition) is 7. The maximum Gasteiger partial charge on any atom is 0.246 e. The summed E-state index contributed by atoms with van der Waals surface area (Å²) in [5.74, 6) is 0.853. The molecule has 150 valence electrons. The van der Waals surface area contributed by atoms with Crippen LogP contribution in [-0.4, -0.2) is 48.6 Å². The molecular weight excluding hydrogens is 386 g/mol. The van der Waals surface area contributed by atoms with Gasteiger partial charge in [-0.2, -0.15) is 5.10 Å². The Morgan fingerprint density at radius 2 is 2.17 bits per heavy atom. The molecule has 0 bridgehead atoms. The summed E-state index contributed by atoms with van der Waals surface area (Å²) in [4.78, 5) is 28.1. The second-order valence-electron chi connectivity index (χ2n) is 7.05. The number of amides is 1. The fourth-order valence-corrected chi connectivity index (χ4v) is 4.15. The van der Waals surface area contributed by atoms with Gasteiger partial charge in [0.25, 0.3) is 0 Å². The highest BCUT2D eigenvalue weighted by Crippen LogP contribution is 2.31. The van der Waals surface area contributed by atoms with Crippen molar-refractivity contribution in [3.05, 3.63) is 53.2 Å². The standard InChI is InChI=1S/C20H23N7OS/c1-14-13-29-20(24-14)25-19-18(21-9-10-22-19)15-4-3-11-27(12-15)17(28)6-5-16-7-8-23-26(16)2/h5-10,13,15H,3-4,11-12H2,1-2H3,(H,22,24,25)/b6-5+/t15-/m1/s1. The van der Waals surface area contributed by atoms with E-state index < -0.39 is 0 Å². The first kappa shape index (κ1) is 19.3. The first-order valence-electron chi connectivity index (χ1n) is 9.55. The summed E-state index contributed by atoms with van der Waals surface area (Å²) in [5.41, 5.74) is 2.75. The Labute approximate surface area is 173 Å². The van der Waals surface area contributed by atoms with Gasteiger partial charge < -0.3 is 10.2 Å². The van der Waals surface area contributed by atoms with Crippen LogP contribution in [0.5, 0.6) is 0 Å². The van der Waals surface area contributed by atoms with Gasteiger partial charge in [-0.1, -0.05) is 0 Å². The molecule has 4 heterocycles. The van der Waals surface area contributed by atoms with Crippen molar-refractivity contribution >= 4 is 34.3 Å². The molecule has 0 aliphatic carbocycles. The summed E-state index contributed by atoms with van der Waals surface area (Å²) in [6, 6.07) is 1.88. The molecule has 1 N–H and O–H groups in total. The van der Waals surface area contributed by atoms with Crippen molar-refractivity contribution in [3.63, 3.8) is 0 Å². The van der Waals surface area contributed by atoms with Gasteiger partial charge in [0.2, 0.25) is 5.91 Å². The van der Waals surface area contributed by atoms with Crippen LogP contribution < -0.4 is 5.32 Å². The van der Waals surface area contributed by atoms with Crippen molar-refractivity contribution in [2.75, 3.05) is 18.4 Å². The number of aromatic nitrogens is 5. The molecule has 1 amide bonds. The van der Waals surface area contributed by atoms with E-state index in [2.05, 4.69) is 25.4 Å². The SMILES string of the molecule is Cc1csc(Nc2nccnc2[C@@H]2CCCN(C(=O)/C=C/c3ccnn3C)C2)n1. The van der Waals surface area contributed by atoms with Crippen molar-refractivity contribution in [1.82, 2.24) is 29.6 Å². The largest absolute Gasteiger partial charge is 0.338 e. The van der Waals surface area contributed by atoms with E-state index in [1.54, 1.807) is 46.8 Å². The molecular formula is C20H23N7OS. The molecule has 0 unspecified atom stereocenters. The van der Waals surface area contributed by atoms with Crippen LogP contribution in [0.2, 0.25) is 0 Å². The number of piperidine rings is 1. The minimum absolute atomic E-state index is 0.00449. The Kier molecular flexibility index (Phi) is 5.66. The first-order valence-corrected chi connectivity index (χ1v) is 10.4. The minimum atomic E-state index is 0.00449. The monoisotopic (exact) mass is 409 g/mol. The lowest BCUT2D eigenvalue weighted by atomic mass is 9.94. The van der Waals surface area contributed by atoms with Gasteiger partial charge in [0.1, 0.15) is 0 Å². The van der Waals surface area contributed by atoms with Gasteiger partial charge in [-0.05, 0) is 31.9 Å². The van der Waals surface area contributed by atoms with Crippen molar-refractivity contribution in [2.24, 2.45) is 7.05 Å². The number of anilines is 2. The Morgan fingerprint density at radius 3 is 2.93 bits per heavy atom. The summed E-state index contributed by atoms with van der Waals surface area (Å²) in [6.45, 7) is 3.33. The zero-order valence-electron chi connectivity index (χ0n) is 16.4. The molecule has 3 aromatic rings. The Morgan fingerprint density at radius 1 is 1.31 bits per heavy atom. The van der Waals surface area contributed by atoms with E-state index in [1.165, 1.54) is 0 Å². The number of likely N-dealkylation sites (tertiary alicyclic amines) is 1. The lowest BCUT2D eigenvalue weighted by Crippen LogP contribution is -2.38. The number of rotatable bonds is 5. The van der Waals surface area contributed by atoms with Crippen molar-refractivity contribution in [1.29, 1.82) is 0 Å². The molecule has 1 fully saturated rings. The maximum absolute atomic E-state index is 12.7. The smallest absolute Gasteiger partial charge is 0.246 e. The highest BCUT2D eigenvalue weighted by Gasteiger charge is 2.27. The first-order chi connectivity index (χ1) is 14.1. The van der Waals surface area contributed by atoms with Gasteiger partial charge in [0, 0.05) is 56.1 Å². The molecule has 0 aromatic carbocycles. The number of hydrogen-bond donors (Lipinski definition) is 1. The molecule has 0 saturated carbocycles. The van der Waals surface area contributed by atoms with Crippen molar-refractivity contribution < 1.29 is 4.79 Å². The lowest BCUT2D eigenvalue weighted by molar-refractivity contribution is -0.127. The summed E-state index contributed by atoms with van der Waals surface area (Å²) >= 11 is 1.54. The van der Waals surface area contributed by atoms with E-state index in [9.17, 15) is 4.79 Å². The summed E-state index contributed by atoms with van der Waals surface area (Å²) in [6.07, 6.45) is 10.4. The molecule has 1 atom stereocenters. The molecule has 8 nitrogen and oxygen atoms in total. The molecule has 1 aliphatic heterocycles. The molecule has 4 rings (SSSR count). The third kappa shape index (κ3) is 4.51. The number of thiazole rings is 1. The van der Waals surface area contributed by atoms with Crippen LogP contribution in [0.1, 0.15) is 35.8 Å². The van der Waals surface area contributed by atoms with E-state index in [4.69, 9.17) is 0 Å². The lowest BCUT2D eigenvalue weighted by Gasteiger charge is -2.32. The number of carbonyl (C=O) groups is 1. The van der Waals surface area contributed by atoms with E-state index in [0.717, 1.165) is 41.6 Å². The second-order valence-corrected chi connectivity index (χ2v) is 7.90. The van der Waals surface area contributed by atoms with Crippen LogP contribution in [0.25, 0.3) is 6.08 Å². The molecule has 3 aromatic heterocycles. The topological polar surface area (TPSA) is 88.8 Å². The van der Waals surface area contributed by atoms with E-state index in [0.29, 0.717) is 12.4 Å². The average molecular weight is 410 g/mol. The van der Waals surface area contributed by atoms with Gasteiger partial charge >= 0.3 is 0 Å². The van der Waals surface area contributed by atoms with Gasteiger partial charge in [-0.3, -0.25) is 14.5 Å². The normalized spacial score (nSPS) is 17.0. The van der Waals surface area contributed by atoms with Crippen LogP contribution in [0, 0.1) is 6.92 Å². The van der Waals surface area contributed by atoms with E-state index >= 15 is 0 Å². The Bertz CT molecular complexity index is 1030. The summed E-state index contributed by atoms with van der Waals surface area (Å²) in [5, 5.41) is 10.2. The number of aryl methyl sites for hydroxylation is 2. The molecule has 1 aliphatic rings. The predicted octanol–water partition coefficient (Wildman–Crippen LogP) is 3.14. The van der Waals surface area contributed by atoms with Gasteiger partial charge in [0.05, 0.1) is 17.1 Å². The van der Waals surface area contributed by atoms with Crippen LogP contribution in [-0.2, 0) is 11.8 Å². The zero-order chi connectivity index (χ0) is 20.2. The van der Waals surface area contributed by atoms with Crippen LogP contribution in [0.3, 0.4) is 0 Å². The van der Waals surface area contributed by atoms with Gasteiger partial charge in [0.15, 0.2) is 10.9 Å². The third-order valence-corrected chi connectivity index (χ3v) is 5.82. The number of nitrogens with one attached hydrogen (secondary N) is 1. The molecule has 0 radical (unpaired) electrons. The molecule has 0 spiro atoms. The van der Waals surface area contributed by atoms with E-state index in [-0.39, 0.29) is 11.8 Å². The zero-order valence-corrected chi connectivity index (χ0v) is 17.3. The van der Waals surface area contributed by atoms with Gasteiger partial charge in [-0.15, -0.1) is 11.3 Å². The van der Waals surface area contributed by atoms with Crippen LogP contribution in [0.15, 0.2) is 36.1 Å². The highest BCUT2D eigenvalue weighted by molar-refractivity contribution is 7.13. The number of carbonyl (C=O) groups excluding carboxylic acids is 1. The van der Waals surface area contributed by atoms with Gasteiger partial charge in [-0.25, -0.2) is 9.97 Å². The second kappa shape index (κ2) is 8.52. The maximum atomic E-state index is 12.7. The highest BCUT2D eigenvalue weighted by atomic mass is 32.1. The quantitative estimate of drug-likeness (QED) is 0.651. The molecule has 1 saturated heterocycles. The predicted molar refractivity (Wildman–Crippen MR) is 113 cm³/mol. The number of nitrogens with zero attached hydrogens (tertiary/aromatic N) is 6. The Hall–Kier alpha value is -3.07. The molecule has 29 heavy (non-hydrogen) atoms.